The van der Waals surface area contributed by atoms with E-state index in [-0.39, 0.29) is 5.91 Å². The van der Waals surface area contributed by atoms with E-state index in [0.29, 0.717) is 30.0 Å². The minimum Gasteiger partial charge on any atom is -0.351 e. The highest BCUT2D eigenvalue weighted by Gasteiger charge is 2.12. The molecule has 0 aliphatic heterocycles. The fourth-order valence-corrected chi connectivity index (χ4v) is 2.25. The fourth-order valence-electron chi connectivity index (χ4n) is 2.25. The van der Waals surface area contributed by atoms with Crippen molar-refractivity contribution >= 4 is 5.91 Å². The molecule has 0 bridgehead atoms. The molecule has 0 aliphatic rings. The standard InChI is InChI=1S/C15H17N7O/c1-10-12(9-22(2)21-10)15(23)17-8-5-13-18-14(20-19-13)11-3-6-16-7-4-11/h3-4,6-7,9H,5,8H2,1-2H3,(H,17,23)(H,18,19,20). The maximum atomic E-state index is 12.1. The maximum Gasteiger partial charge on any atom is 0.254 e. The van der Waals surface area contributed by atoms with E-state index < -0.39 is 0 Å². The number of H-pyrrole nitrogens is 1. The number of carbonyl (C=O) groups excluding carboxylic acids is 1. The molecule has 0 aliphatic carbocycles. The third kappa shape index (κ3) is 3.42. The molecule has 8 heteroatoms. The zero-order valence-corrected chi connectivity index (χ0v) is 12.9. The van der Waals surface area contributed by atoms with Gasteiger partial charge >= 0.3 is 0 Å². The van der Waals surface area contributed by atoms with Gasteiger partial charge in [0.1, 0.15) is 5.82 Å². The Hall–Kier alpha value is -3.03. The Labute approximate surface area is 133 Å². The number of hydrogen-bond donors (Lipinski definition) is 2. The van der Waals surface area contributed by atoms with Crippen molar-refractivity contribution in [1.82, 2.24) is 35.3 Å². The molecular formula is C15H17N7O. The third-order valence-corrected chi connectivity index (χ3v) is 3.38. The summed E-state index contributed by atoms with van der Waals surface area (Å²) in [4.78, 5) is 20.5. The summed E-state index contributed by atoms with van der Waals surface area (Å²) in [5.74, 6) is 1.21. The number of rotatable bonds is 5. The van der Waals surface area contributed by atoms with E-state index in [2.05, 4.69) is 30.6 Å². The summed E-state index contributed by atoms with van der Waals surface area (Å²) >= 11 is 0. The summed E-state index contributed by atoms with van der Waals surface area (Å²) in [5.41, 5.74) is 2.20. The molecule has 23 heavy (non-hydrogen) atoms. The second-order valence-corrected chi connectivity index (χ2v) is 5.15. The van der Waals surface area contributed by atoms with Crippen molar-refractivity contribution < 1.29 is 4.79 Å². The summed E-state index contributed by atoms with van der Waals surface area (Å²) < 4.78 is 1.63. The van der Waals surface area contributed by atoms with Crippen molar-refractivity contribution in [2.45, 2.75) is 13.3 Å². The molecule has 1 amide bonds. The first-order chi connectivity index (χ1) is 11.1. The highest BCUT2D eigenvalue weighted by Crippen LogP contribution is 2.12. The molecule has 0 saturated heterocycles. The van der Waals surface area contributed by atoms with Gasteiger partial charge in [0.2, 0.25) is 0 Å². The van der Waals surface area contributed by atoms with Crippen molar-refractivity contribution in [3.05, 3.63) is 47.8 Å². The van der Waals surface area contributed by atoms with E-state index in [0.717, 1.165) is 11.4 Å². The summed E-state index contributed by atoms with van der Waals surface area (Å²) in [6.07, 6.45) is 5.67. The van der Waals surface area contributed by atoms with Crippen molar-refractivity contribution in [3.8, 4) is 11.4 Å². The lowest BCUT2D eigenvalue weighted by atomic mass is 10.2. The molecule has 0 aromatic carbocycles. The van der Waals surface area contributed by atoms with Gasteiger partial charge in [-0.15, -0.1) is 0 Å². The first kappa shape index (κ1) is 14.9. The quantitative estimate of drug-likeness (QED) is 0.728. The first-order valence-electron chi connectivity index (χ1n) is 7.23. The van der Waals surface area contributed by atoms with Gasteiger partial charge in [0.05, 0.1) is 11.3 Å². The summed E-state index contributed by atoms with van der Waals surface area (Å²) in [7, 11) is 1.79. The van der Waals surface area contributed by atoms with Gasteiger partial charge < -0.3 is 5.32 Å². The van der Waals surface area contributed by atoms with Gasteiger partial charge in [0, 0.05) is 44.2 Å². The number of hydrogen-bond acceptors (Lipinski definition) is 5. The maximum absolute atomic E-state index is 12.1. The number of aromatic nitrogens is 6. The highest BCUT2D eigenvalue weighted by atomic mass is 16.1. The zero-order valence-electron chi connectivity index (χ0n) is 12.9. The van der Waals surface area contributed by atoms with E-state index in [1.807, 2.05) is 19.1 Å². The van der Waals surface area contributed by atoms with Crippen LogP contribution in [0.1, 0.15) is 21.9 Å². The smallest absolute Gasteiger partial charge is 0.254 e. The number of aromatic amines is 1. The van der Waals surface area contributed by atoms with Crippen LogP contribution in [-0.2, 0) is 13.5 Å². The van der Waals surface area contributed by atoms with Crippen LogP contribution in [-0.4, -0.2) is 42.4 Å². The van der Waals surface area contributed by atoms with Crippen molar-refractivity contribution in [3.63, 3.8) is 0 Å². The number of amides is 1. The van der Waals surface area contributed by atoms with Crippen molar-refractivity contribution in [2.75, 3.05) is 6.54 Å². The van der Waals surface area contributed by atoms with E-state index in [1.165, 1.54) is 0 Å². The van der Waals surface area contributed by atoms with Crippen LogP contribution in [0.15, 0.2) is 30.7 Å². The second kappa shape index (κ2) is 6.39. The Morgan fingerprint density at radius 2 is 2.13 bits per heavy atom. The summed E-state index contributed by atoms with van der Waals surface area (Å²) in [6.45, 7) is 2.28. The van der Waals surface area contributed by atoms with Crippen LogP contribution in [0.3, 0.4) is 0 Å². The Balaban J connectivity index is 1.56. The highest BCUT2D eigenvalue weighted by molar-refractivity contribution is 5.94. The Morgan fingerprint density at radius 1 is 1.35 bits per heavy atom. The molecule has 0 radical (unpaired) electrons. The molecule has 3 aromatic rings. The number of carbonyl (C=O) groups is 1. The van der Waals surface area contributed by atoms with Crippen LogP contribution in [0.5, 0.6) is 0 Å². The first-order valence-corrected chi connectivity index (χ1v) is 7.23. The van der Waals surface area contributed by atoms with Crippen LogP contribution in [0.25, 0.3) is 11.4 Å². The molecule has 0 atom stereocenters. The predicted octanol–water partition coefficient (Wildman–Crippen LogP) is 0.881. The third-order valence-electron chi connectivity index (χ3n) is 3.38. The number of nitrogens with zero attached hydrogens (tertiary/aromatic N) is 5. The molecule has 3 aromatic heterocycles. The molecule has 0 unspecified atom stereocenters. The summed E-state index contributed by atoms with van der Waals surface area (Å²) in [5, 5.41) is 14.1. The van der Waals surface area contributed by atoms with Gasteiger partial charge in [0.15, 0.2) is 5.82 Å². The number of aryl methyl sites for hydroxylation is 2. The minimum atomic E-state index is -0.135. The monoisotopic (exact) mass is 311 g/mol. The average molecular weight is 311 g/mol. The number of pyridine rings is 1. The van der Waals surface area contributed by atoms with E-state index in [4.69, 9.17) is 0 Å². The lowest BCUT2D eigenvalue weighted by molar-refractivity contribution is 0.0953. The molecule has 3 rings (SSSR count). The SMILES string of the molecule is Cc1nn(C)cc1C(=O)NCCc1nc(-c2ccncc2)n[nH]1. The van der Waals surface area contributed by atoms with Crippen molar-refractivity contribution in [1.29, 1.82) is 0 Å². The van der Waals surface area contributed by atoms with Crippen LogP contribution in [0.2, 0.25) is 0 Å². The lowest BCUT2D eigenvalue weighted by Crippen LogP contribution is -2.26. The van der Waals surface area contributed by atoms with E-state index >= 15 is 0 Å². The Morgan fingerprint density at radius 3 is 2.83 bits per heavy atom. The van der Waals surface area contributed by atoms with Gasteiger partial charge in [-0.1, -0.05) is 0 Å². The van der Waals surface area contributed by atoms with Crippen LogP contribution < -0.4 is 5.32 Å². The Kier molecular flexibility index (Phi) is 4.13. The van der Waals surface area contributed by atoms with Crippen LogP contribution >= 0.6 is 0 Å². The molecule has 3 heterocycles. The molecule has 0 saturated carbocycles. The van der Waals surface area contributed by atoms with Gasteiger partial charge in [0.25, 0.3) is 5.91 Å². The van der Waals surface area contributed by atoms with Gasteiger partial charge in [-0.3, -0.25) is 19.6 Å². The normalized spacial score (nSPS) is 10.7. The number of nitrogens with one attached hydrogen (secondary N) is 2. The molecule has 8 nitrogen and oxygen atoms in total. The molecule has 0 spiro atoms. The van der Waals surface area contributed by atoms with Crippen LogP contribution in [0.4, 0.5) is 0 Å². The fraction of sp³-hybridized carbons (Fsp3) is 0.267. The second-order valence-electron chi connectivity index (χ2n) is 5.15. The van der Waals surface area contributed by atoms with Gasteiger partial charge in [-0.2, -0.15) is 10.2 Å². The molecule has 118 valence electrons. The lowest BCUT2D eigenvalue weighted by Gasteiger charge is -2.02. The van der Waals surface area contributed by atoms with E-state index in [1.54, 1.807) is 30.3 Å². The molecular weight excluding hydrogens is 294 g/mol. The van der Waals surface area contributed by atoms with E-state index in [9.17, 15) is 4.79 Å². The molecule has 2 N–H and O–H groups in total. The topological polar surface area (TPSA) is 101 Å². The summed E-state index contributed by atoms with van der Waals surface area (Å²) in [6, 6.07) is 3.69. The van der Waals surface area contributed by atoms with Crippen LogP contribution in [0, 0.1) is 6.92 Å². The minimum absolute atomic E-state index is 0.135. The molecule has 0 fully saturated rings. The largest absolute Gasteiger partial charge is 0.351 e. The Bertz CT molecular complexity index is 806. The van der Waals surface area contributed by atoms with Crippen molar-refractivity contribution in [2.24, 2.45) is 7.05 Å². The van der Waals surface area contributed by atoms with Gasteiger partial charge in [-0.25, -0.2) is 4.98 Å². The average Bonchev–Trinajstić information content (AvgIpc) is 3.14. The van der Waals surface area contributed by atoms with Gasteiger partial charge in [-0.05, 0) is 19.1 Å². The zero-order chi connectivity index (χ0) is 16.2. The predicted molar refractivity (Wildman–Crippen MR) is 83.6 cm³/mol.